The predicted molar refractivity (Wildman–Crippen MR) is 56.8 cm³/mol. The molecule has 82 valence electrons. The van der Waals surface area contributed by atoms with Crippen molar-refractivity contribution in [1.82, 2.24) is 9.88 Å². The van der Waals surface area contributed by atoms with E-state index in [1.54, 1.807) is 12.3 Å². The highest BCUT2D eigenvalue weighted by Crippen LogP contribution is 2.17. The molecule has 2 unspecified atom stereocenters. The van der Waals surface area contributed by atoms with Crippen LogP contribution >= 0.6 is 0 Å². The second-order valence-corrected chi connectivity index (χ2v) is 4.17. The molecule has 1 aromatic heterocycles. The first-order valence-corrected chi connectivity index (χ1v) is 5.25. The summed E-state index contributed by atoms with van der Waals surface area (Å²) in [5.74, 6) is 0.0842. The number of aliphatic hydroxyl groups is 1. The van der Waals surface area contributed by atoms with E-state index in [-0.39, 0.29) is 11.9 Å². The molecule has 1 aliphatic heterocycles. The Morgan fingerprint density at radius 3 is 3.07 bits per heavy atom. The first kappa shape index (κ1) is 10.4. The molecule has 0 saturated carbocycles. The van der Waals surface area contributed by atoms with Gasteiger partial charge in [0.05, 0.1) is 18.3 Å². The van der Waals surface area contributed by atoms with Gasteiger partial charge in [-0.25, -0.2) is 0 Å². The molecule has 0 aromatic carbocycles. The number of aromatic nitrogens is 1. The zero-order valence-corrected chi connectivity index (χ0v) is 8.81. The van der Waals surface area contributed by atoms with Crippen LogP contribution in [0.3, 0.4) is 0 Å². The normalized spacial score (nSPS) is 27.1. The number of carbonyl (C=O) groups is 1. The summed E-state index contributed by atoms with van der Waals surface area (Å²) in [6, 6.07) is 3.88. The number of ketones is 1. The summed E-state index contributed by atoms with van der Waals surface area (Å²) in [5, 5.41) is 9.45. The number of likely N-dealkylation sites (tertiary alicyclic amines) is 1. The quantitative estimate of drug-likeness (QED) is 0.717. The maximum atomic E-state index is 11.8. The molecular weight excluding hydrogens is 192 g/mol. The average Bonchev–Trinajstić information content (AvgIpc) is 2.76. The number of H-pyrrole nitrogens is 1. The summed E-state index contributed by atoms with van der Waals surface area (Å²) >= 11 is 0. The Hall–Kier alpha value is -1.13. The van der Waals surface area contributed by atoms with Gasteiger partial charge >= 0.3 is 0 Å². The second-order valence-electron chi connectivity index (χ2n) is 4.17. The largest absolute Gasteiger partial charge is 0.392 e. The second kappa shape index (κ2) is 4.16. The van der Waals surface area contributed by atoms with Crippen LogP contribution in [-0.4, -0.2) is 46.0 Å². The number of aliphatic hydroxyl groups excluding tert-OH is 1. The van der Waals surface area contributed by atoms with Gasteiger partial charge in [-0.05, 0) is 25.5 Å². The summed E-state index contributed by atoms with van der Waals surface area (Å²) in [7, 11) is 0. The average molecular weight is 208 g/mol. The molecule has 2 atom stereocenters. The van der Waals surface area contributed by atoms with Gasteiger partial charge < -0.3 is 10.1 Å². The standard InChI is InChI=1S/C11H16N2O2/c1-8-5-9(14)6-13(8)7-11(15)10-3-2-4-12-10/h2-4,8-9,12,14H,5-7H2,1H3. The Balaban J connectivity index is 1.95. The number of aromatic amines is 1. The van der Waals surface area contributed by atoms with Crippen LogP contribution < -0.4 is 0 Å². The van der Waals surface area contributed by atoms with Crippen molar-refractivity contribution in [2.24, 2.45) is 0 Å². The van der Waals surface area contributed by atoms with Crippen molar-refractivity contribution in [2.45, 2.75) is 25.5 Å². The zero-order valence-electron chi connectivity index (χ0n) is 8.81. The van der Waals surface area contributed by atoms with E-state index < -0.39 is 0 Å². The smallest absolute Gasteiger partial charge is 0.192 e. The van der Waals surface area contributed by atoms with Crippen molar-refractivity contribution in [2.75, 3.05) is 13.1 Å². The van der Waals surface area contributed by atoms with E-state index in [4.69, 9.17) is 0 Å². The first-order chi connectivity index (χ1) is 7.16. The van der Waals surface area contributed by atoms with Crippen molar-refractivity contribution in [3.05, 3.63) is 24.0 Å². The number of hydrogen-bond donors (Lipinski definition) is 2. The number of Topliss-reactive ketones (excluding diaryl/α,β-unsaturated/α-hetero) is 1. The number of nitrogens with one attached hydrogen (secondary N) is 1. The minimum absolute atomic E-state index is 0.0842. The van der Waals surface area contributed by atoms with Crippen LogP contribution in [-0.2, 0) is 0 Å². The molecule has 1 saturated heterocycles. The molecule has 0 aliphatic carbocycles. The van der Waals surface area contributed by atoms with Crippen LogP contribution in [0.5, 0.6) is 0 Å². The fourth-order valence-corrected chi connectivity index (χ4v) is 2.06. The Kier molecular flexibility index (Phi) is 2.88. The first-order valence-electron chi connectivity index (χ1n) is 5.25. The minimum atomic E-state index is -0.281. The molecule has 0 amide bonds. The van der Waals surface area contributed by atoms with Crippen LogP contribution in [0.25, 0.3) is 0 Å². The van der Waals surface area contributed by atoms with E-state index >= 15 is 0 Å². The van der Waals surface area contributed by atoms with Crippen molar-refractivity contribution < 1.29 is 9.90 Å². The molecule has 2 heterocycles. The molecule has 2 rings (SSSR count). The predicted octanol–water partition coefficient (Wildman–Crippen LogP) is 0.652. The molecule has 0 radical (unpaired) electrons. The molecular formula is C11H16N2O2. The van der Waals surface area contributed by atoms with Gasteiger partial charge in [-0.1, -0.05) is 0 Å². The summed E-state index contributed by atoms with van der Waals surface area (Å²) in [6.45, 7) is 3.03. The van der Waals surface area contributed by atoms with Crippen molar-refractivity contribution in [3.8, 4) is 0 Å². The highest BCUT2D eigenvalue weighted by Gasteiger charge is 2.28. The Labute approximate surface area is 88.9 Å². The minimum Gasteiger partial charge on any atom is -0.392 e. The molecule has 15 heavy (non-hydrogen) atoms. The van der Waals surface area contributed by atoms with Crippen molar-refractivity contribution in [3.63, 3.8) is 0 Å². The summed E-state index contributed by atoms with van der Waals surface area (Å²) < 4.78 is 0. The number of carbonyl (C=O) groups excluding carboxylic acids is 1. The fourth-order valence-electron chi connectivity index (χ4n) is 2.06. The number of β-amino-alcohol motifs (C(OH)–C–C–N with tert-alkyl or cyclic N) is 1. The lowest BCUT2D eigenvalue weighted by molar-refractivity contribution is 0.0912. The van der Waals surface area contributed by atoms with Gasteiger partial charge in [0, 0.05) is 18.8 Å². The van der Waals surface area contributed by atoms with Crippen LogP contribution in [0.2, 0.25) is 0 Å². The van der Waals surface area contributed by atoms with Crippen LogP contribution in [0, 0.1) is 0 Å². The van der Waals surface area contributed by atoms with E-state index in [1.165, 1.54) is 0 Å². The Bertz CT molecular complexity index is 334. The van der Waals surface area contributed by atoms with Gasteiger partial charge in [0.25, 0.3) is 0 Å². The lowest BCUT2D eigenvalue weighted by atomic mass is 10.2. The third kappa shape index (κ3) is 2.27. The van der Waals surface area contributed by atoms with Crippen molar-refractivity contribution >= 4 is 5.78 Å². The van der Waals surface area contributed by atoms with Gasteiger partial charge in [-0.2, -0.15) is 0 Å². The molecule has 4 heteroatoms. The highest BCUT2D eigenvalue weighted by molar-refractivity contribution is 5.95. The summed E-state index contributed by atoms with van der Waals surface area (Å²) in [4.78, 5) is 16.7. The lowest BCUT2D eigenvalue weighted by Gasteiger charge is -2.18. The molecule has 1 aliphatic rings. The lowest BCUT2D eigenvalue weighted by Crippen LogP contribution is -2.33. The number of nitrogens with zero attached hydrogens (tertiary/aromatic N) is 1. The SMILES string of the molecule is CC1CC(O)CN1CC(=O)c1ccc[nH]1. The van der Waals surface area contributed by atoms with Gasteiger partial charge in [-0.3, -0.25) is 9.69 Å². The highest BCUT2D eigenvalue weighted by atomic mass is 16.3. The van der Waals surface area contributed by atoms with Crippen LogP contribution in [0.1, 0.15) is 23.8 Å². The molecule has 2 N–H and O–H groups in total. The van der Waals surface area contributed by atoms with Gasteiger partial charge in [0.15, 0.2) is 5.78 Å². The van der Waals surface area contributed by atoms with Crippen LogP contribution in [0.15, 0.2) is 18.3 Å². The van der Waals surface area contributed by atoms with Crippen LogP contribution in [0.4, 0.5) is 0 Å². The topological polar surface area (TPSA) is 56.3 Å². The van der Waals surface area contributed by atoms with E-state index in [2.05, 4.69) is 4.98 Å². The fraction of sp³-hybridized carbons (Fsp3) is 0.545. The number of rotatable bonds is 3. The molecule has 0 spiro atoms. The zero-order chi connectivity index (χ0) is 10.8. The van der Waals surface area contributed by atoms with E-state index in [0.717, 1.165) is 6.42 Å². The summed E-state index contributed by atoms with van der Waals surface area (Å²) in [5.41, 5.74) is 0.642. The Morgan fingerprint density at radius 2 is 2.53 bits per heavy atom. The maximum Gasteiger partial charge on any atom is 0.192 e. The molecule has 0 bridgehead atoms. The number of hydrogen-bond acceptors (Lipinski definition) is 3. The van der Waals surface area contributed by atoms with E-state index in [1.807, 2.05) is 17.9 Å². The van der Waals surface area contributed by atoms with Crippen molar-refractivity contribution in [1.29, 1.82) is 0 Å². The third-order valence-electron chi connectivity index (χ3n) is 2.93. The third-order valence-corrected chi connectivity index (χ3v) is 2.93. The van der Waals surface area contributed by atoms with Gasteiger partial charge in [0.1, 0.15) is 0 Å². The molecule has 1 aromatic rings. The monoisotopic (exact) mass is 208 g/mol. The summed E-state index contributed by atoms with van der Waals surface area (Å²) in [6.07, 6.45) is 2.23. The molecule has 1 fully saturated rings. The van der Waals surface area contributed by atoms with E-state index in [9.17, 15) is 9.90 Å². The Morgan fingerprint density at radius 1 is 1.73 bits per heavy atom. The maximum absolute atomic E-state index is 11.8. The molecule has 4 nitrogen and oxygen atoms in total. The van der Waals surface area contributed by atoms with E-state index in [0.29, 0.717) is 24.8 Å². The van der Waals surface area contributed by atoms with Gasteiger partial charge in [0.2, 0.25) is 0 Å². The van der Waals surface area contributed by atoms with Gasteiger partial charge in [-0.15, -0.1) is 0 Å².